The number of hydrogen-bond acceptors (Lipinski definition) is 4. The van der Waals surface area contributed by atoms with Gasteiger partial charge in [-0.1, -0.05) is 19.3 Å². The molecule has 20 heavy (non-hydrogen) atoms. The van der Waals surface area contributed by atoms with E-state index in [1.54, 1.807) is 27.8 Å². The molecule has 1 rings (SSSR count). The first-order valence-electron chi connectivity index (χ1n) is 6.42. The predicted molar refractivity (Wildman–Crippen MR) is 74.8 cm³/mol. The minimum atomic E-state index is -0.725. The molecule has 0 bridgehead atoms. The molecule has 122 valence electrons. The van der Waals surface area contributed by atoms with Crippen LogP contribution in [0.25, 0.3) is 5.48 Å². The van der Waals surface area contributed by atoms with Crippen LogP contribution < -0.4 is 5.73 Å². The van der Waals surface area contributed by atoms with Crippen LogP contribution in [0.3, 0.4) is 0 Å². The Kier molecular flexibility index (Phi) is 23.0. The SMILES string of the molecule is CC(C)(C)OC(N)=O.C[N-]OC.[CH-]1CCCCC1.[O]=[W]. The number of carbonyl (C=O) groups is 1. The topological polar surface area (TPSA) is 92.7 Å². The van der Waals surface area contributed by atoms with Gasteiger partial charge in [-0.15, -0.1) is 7.05 Å². The van der Waals surface area contributed by atoms with Gasteiger partial charge in [0.2, 0.25) is 0 Å². The van der Waals surface area contributed by atoms with E-state index in [9.17, 15) is 4.79 Å². The van der Waals surface area contributed by atoms with Crippen molar-refractivity contribution in [3.63, 3.8) is 0 Å². The summed E-state index contributed by atoms with van der Waals surface area (Å²) in [6, 6.07) is 0. The van der Waals surface area contributed by atoms with Gasteiger partial charge in [0, 0.05) is 7.11 Å². The Morgan fingerprint density at radius 2 is 1.60 bits per heavy atom. The fourth-order valence-electron chi connectivity index (χ4n) is 1.20. The third-order valence-electron chi connectivity index (χ3n) is 1.91. The molecule has 0 saturated heterocycles. The Balaban J connectivity index is -0.000000213. The summed E-state index contributed by atoms with van der Waals surface area (Å²) in [5.74, 6) is 0. The quantitative estimate of drug-likeness (QED) is 0.479. The summed E-state index contributed by atoms with van der Waals surface area (Å²) < 4.78 is 12.9. The first-order chi connectivity index (χ1) is 9.33. The van der Waals surface area contributed by atoms with Crippen LogP contribution in [0.1, 0.15) is 52.9 Å². The van der Waals surface area contributed by atoms with Crippen molar-refractivity contribution in [1.82, 2.24) is 0 Å². The second kappa shape index (κ2) is 18.7. The van der Waals surface area contributed by atoms with Crippen LogP contribution in [0.2, 0.25) is 0 Å². The molecule has 0 atom stereocenters. The molecule has 0 spiro atoms. The normalized spacial score (nSPS) is 13.2. The molecule has 2 N–H and O–H groups in total. The Labute approximate surface area is 134 Å². The second-order valence-electron chi connectivity index (χ2n) is 4.83. The Hall–Kier alpha value is -0.322. The van der Waals surface area contributed by atoms with Crippen LogP contribution >= 0.6 is 0 Å². The molecule has 0 unspecified atom stereocenters. The van der Waals surface area contributed by atoms with Gasteiger partial charge in [0.1, 0.15) is 5.60 Å². The van der Waals surface area contributed by atoms with E-state index in [2.05, 4.69) is 21.5 Å². The molecule has 6 nitrogen and oxygen atoms in total. The summed E-state index contributed by atoms with van der Waals surface area (Å²) in [5.41, 5.74) is 7.50. The fourth-order valence-corrected chi connectivity index (χ4v) is 1.20. The van der Waals surface area contributed by atoms with Gasteiger partial charge in [0.25, 0.3) is 0 Å². The average Bonchev–Trinajstić information content (AvgIpc) is 2.41. The number of carbonyl (C=O) groups excluding carboxylic acids is 1. The molecular weight excluding hydrogens is 432 g/mol. The van der Waals surface area contributed by atoms with Crippen LogP contribution in [0, 0.1) is 6.42 Å². The van der Waals surface area contributed by atoms with Gasteiger partial charge in [-0.3, -0.25) is 0 Å². The summed E-state index contributed by atoms with van der Waals surface area (Å²) in [5, 5.41) is 0. The minimum absolute atomic E-state index is 0.333. The van der Waals surface area contributed by atoms with Crippen molar-refractivity contribution in [2.45, 2.75) is 58.5 Å². The first-order valence-corrected chi connectivity index (χ1v) is 7.62. The number of ether oxygens (including phenoxy) is 1. The average molecular weight is 460 g/mol. The molecule has 0 heterocycles. The molecule has 1 fully saturated rings. The van der Waals surface area contributed by atoms with Crippen molar-refractivity contribution in [1.29, 1.82) is 0 Å². The third-order valence-corrected chi connectivity index (χ3v) is 1.91. The van der Waals surface area contributed by atoms with E-state index in [1.165, 1.54) is 39.2 Å². The van der Waals surface area contributed by atoms with Crippen LogP contribution in [-0.4, -0.2) is 25.9 Å². The van der Waals surface area contributed by atoms with E-state index in [4.69, 9.17) is 9.13 Å². The van der Waals surface area contributed by atoms with Gasteiger partial charge >= 0.3 is 29.3 Å². The zero-order chi connectivity index (χ0) is 16.4. The fraction of sp³-hybridized carbons (Fsp3) is 0.846. The molecule has 0 aromatic carbocycles. The Morgan fingerprint density at radius 1 is 1.20 bits per heavy atom. The molecule has 0 aromatic rings. The second-order valence-corrected chi connectivity index (χ2v) is 4.83. The van der Waals surface area contributed by atoms with Crippen molar-refractivity contribution < 1.29 is 37.5 Å². The van der Waals surface area contributed by atoms with E-state index in [-0.39, 0.29) is 0 Å². The summed E-state index contributed by atoms with van der Waals surface area (Å²) >= 11 is 0.333. The standard InChI is InChI=1S/C6H11.C5H11NO2.C2H6NO.O.W/c1-2-4-6-5-3-1;1-5(2,3)8-4(6)7;1-3-4-2;;/h1H,2-6H2;1-3H3,(H2,6,7);1-2H3;;/q-1;;-1;;. The molecule has 1 aliphatic rings. The van der Waals surface area contributed by atoms with Crippen LogP contribution in [0.5, 0.6) is 0 Å². The molecule has 1 saturated carbocycles. The van der Waals surface area contributed by atoms with Gasteiger partial charge in [-0.25, -0.2) is 4.79 Å². The monoisotopic (exact) mass is 460 g/mol. The Bertz CT molecular complexity index is 194. The van der Waals surface area contributed by atoms with Gasteiger partial charge in [0.05, 0.1) is 0 Å². The van der Waals surface area contributed by atoms with Crippen LogP contribution in [0.15, 0.2) is 0 Å². The van der Waals surface area contributed by atoms with E-state index in [0.717, 1.165) is 0 Å². The summed E-state index contributed by atoms with van der Waals surface area (Å²) in [7, 11) is 3.10. The maximum absolute atomic E-state index is 10.0. The van der Waals surface area contributed by atoms with Crippen molar-refractivity contribution in [3.8, 4) is 0 Å². The summed E-state index contributed by atoms with van der Waals surface area (Å²) in [6.45, 7) is 5.28. The zero-order valence-electron chi connectivity index (χ0n) is 13.2. The van der Waals surface area contributed by atoms with Gasteiger partial charge in [-0.05, 0) is 20.8 Å². The predicted octanol–water partition coefficient (Wildman–Crippen LogP) is 3.46. The van der Waals surface area contributed by atoms with Gasteiger partial charge in [0.15, 0.2) is 0 Å². The Morgan fingerprint density at radius 3 is 1.65 bits per heavy atom. The van der Waals surface area contributed by atoms with Crippen molar-refractivity contribution >= 4 is 6.09 Å². The number of primary amides is 1. The van der Waals surface area contributed by atoms with Gasteiger partial charge < -0.3 is 27.2 Å². The molecule has 0 aromatic heterocycles. The van der Waals surface area contributed by atoms with Crippen LogP contribution in [-0.2, 0) is 32.7 Å². The van der Waals surface area contributed by atoms with E-state index in [1.807, 2.05) is 0 Å². The van der Waals surface area contributed by atoms with Crippen molar-refractivity contribution in [2.24, 2.45) is 5.73 Å². The van der Waals surface area contributed by atoms with Crippen molar-refractivity contribution in [2.75, 3.05) is 14.2 Å². The van der Waals surface area contributed by atoms with Crippen LogP contribution in [0.4, 0.5) is 4.79 Å². The number of amides is 1. The zero-order valence-corrected chi connectivity index (χ0v) is 16.1. The van der Waals surface area contributed by atoms with E-state index < -0.39 is 11.7 Å². The molecule has 7 heteroatoms. The molecule has 0 radical (unpaired) electrons. The van der Waals surface area contributed by atoms with E-state index in [0.29, 0.717) is 19.8 Å². The number of rotatable bonds is 1. The molecule has 0 aliphatic heterocycles. The van der Waals surface area contributed by atoms with E-state index >= 15 is 0 Å². The summed E-state index contributed by atoms with van der Waals surface area (Å²) in [6.07, 6.45) is 8.78. The maximum atomic E-state index is 10.0. The molecule has 1 amide bonds. The van der Waals surface area contributed by atoms with Crippen molar-refractivity contribution in [3.05, 3.63) is 11.9 Å². The number of hydrogen-bond donors (Lipinski definition) is 1. The molecular formula is C13H28N2O4W-2. The third kappa shape index (κ3) is 36.1. The summed E-state index contributed by atoms with van der Waals surface area (Å²) in [4.78, 5) is 14.2. The number of nitrogens with two attached hydrogens (primary N) is 1. The molecule has 1 aliphatic carbocycles. The number of nitrogens with zero attached hydrogens (tertiary/aromatic N) is 1. The first kappa shape index (κ1) is 24.7. The van der Waals surface area contributed by atoms with Gasteiger partial charge in [-0.2, -0.15) is 12.8 Å². The number of hydroxylamine groups is 1.